The highest BCUT2D eigenvalue weighted by Crippen LogP contribution is 2.23. The summed E-state index contributed by atoms with van der Waals surface area (Å²) < 4.78 is 0. The van der Waals surface area contributed by atoms with Gasteiger partial charge in [0.1, 0.15) is 0 Å². The molecular formula is C13H26O2. The highest BCUT2D eigenvalue weighted by molar-refractivity contribution is 5.39. The van der Waals surface area contributed by atoms with Crippen LogP contribution in [0.5, 0.6) is 11.5 Å². The zero-order valence-corrected chi connectivity index (χ0v) is 11.1. The minimum atomic E-state index is -0.0689. The molecule has 0 aliphatic heterocycles. The van der Waals surface area contributed by atoms with Gasteiger partial charge in [-0.3, -0.25) is 0 Å². The van der Waals surface area contributed by atoms with Crippen LogP contribution < -0.4 is 0 Å². The van der Waals surface area contributed by atoms with E-state index in [1.165, 1.54) is 12.1 Å². The van der Waals surface area contributed by atoms with E-state index in [1.54, 1.807) is 6.07 Å². The summed E-state index contributed by atoms with van der Waals surface area (Å²) in [6, 6.07) is 4.70. The van der Waals surface area contributed by atoms with Gasteiger partial charge in [0.25, 0.3) is 0 Å². The Balaban J connectivity index is -0.000000208. The predicted molar refractivity (Wildman–Crippen MR) is 68.6 cm³/mol. The lowest BCUT2D eigenvalue weighted by Crippen LogP contribution is -1.70. The third kappa shape index (κ3) is 10.7. The maximum atomic E-state index is 8.85. The average Bonchev–Trinajstić information content (AvgIpc) is 2.32. The first-order valence-electron chi connectivity index (χ1n) is 5.69. The van der Waals surface area contributed by atoms with E-state index >= 15 is 0 Å². The fourth-order valence-corrected chi connectivity index (χ4v) is 0.633. The van der Waals surface area contributed by atoms with E-state index < -0.39 is 0 Å². The van der Waals surface area contributed by atoms with Crippen LogP contribution in [0.3, 0.4) is 0 Å². The molecule has 0 bridgehead atoms. The molecule has 0 aliphatic carbocycles. The first kappa shape index (κ1) is 19.4. The van der Waals surface area contributed by atoms with E-state index in [2.05, 4.69) is 0 Å². The molecule has 0 unspecified atom stereocenters. The minimum Gasteiger partial charge on any atom is -0.504 e. The predicted octanol–water partition coefficient (Wildman–Crippen LogP) is 4.48. The topological polar surface area (TPSA) is 40.5 Å². The Morgan fingerprint density at radius 3 is 1.40 bits per heavy atom. The number of aromatic hydroxyl groups is 2. The Bertz CT molecular complexity index is 220. The van der Waals surface area contributed by atoms with Gasteiger partial charge in [0, 0.05) is 0 Å². The van der Waals surface area contributed by atoms with Crippen LogP contribution in [0.15, 0.2) is 18.2 Å². The van der Waals surface area contributed by atoms with Crippen LogP contribution in [-0.2, 0) is 0 Å². The van der Waals surface area contributed by atoms with Crippen molar-refractivity contribution >= 4 is 0 Å². The molecule has 1 aromatic carbocycles. The van der Waals surface area contributed by atoms with Gasteiger partial charge >= 0.3 is 0 Å². The molecule has 2 N–H and O–H groups in total. The monoisotopic (exact) mass is 214 g/mol. The van der Waals surface area contributed by atoms with Gasteiger partial charge in [-0.05, 0) is 24.6 Å². The fourth-order valence-electron chi connectivity index (χ4n) is 0.633. The van der Waals surface area contributed by atoms with Gasteiger partial charge < -0.3 is 10.2 Å². The Hall–Kier alpha value is -1.18. The number of aryl methyl sites for hydroxylation is 1. The summed E-state index contributed by atoms with van der Waals surface area (Å²) in [6.45, 7) is 13.8. The van der Waals surface area contributed by atoms with Crippen LogP contribution in [0.25, 0.3) is 0 Å². The molecule has 0 saturated heterocycles. The molecule has 0 atom stereocenters. The van der Waals surface area contributed by atoms with Gasteiger partial charge in [-0.25, -0.2) is 0 Å². The molecule has 0 aromatic heterocycles. The number of rotatable bonds is 0. The standard InChI is InChI=1S/C7H8O2.3C2H6/c1-5-2-3-6(8)7(9)4-5;3*1-2/h2-4,8-9H,1H3;3*1-2H3. The van der Waals surface area contributed by atoms with Gasteiger partial charge in [-0.2, -0.15) is 0 Å². The molecule has 0 radical (unpaired) electrons. The molecule has 90 valence electrons. The second kappa shape index (κ2) is 15.3. The first-order chi connectivity index (χ1) is 7.20. The van der Waals surface area contributed by atoms with E-state index in [0.717, 1.165) is 5.56 Å². The molecule has 1 rings (SSSR count). The van der Waals surface area contributed by atoms with Crippen molar-refractivity contribution in [2.45, 2.75) is 48.5 Å². The molecule has 0 spiro atoms. The number of hydrogen-bond acceptors (Lipinski definition) is 2. The number of phenols is 2. The number of hydrogen-bond donors (Lipinski definition) is 2. The van der Waals surface area contributed by atoms with Gasteiger partial charge in [0.15, 0.2) is 11.5 Å². The van der Waals surface area contributed by atoms with Gasteiger partial charge in [-0.15, -0.1) is 0 Å². The largest absolute Gasteiger partial charge is 0.504 e. The summed E-state index contributed by atoms with van der Waals surface area (Å²) in [5.41, 5.74) is 0.935. The van der Waals surface area contributed by atoms with Crippen molar-refractivity contribution in [2.24, 2.45) is 0 Å². The van der Waals surface area contributed by atoms with Crippen LogP contribution in [0.2, 0.25) is 0 Å². The summed E-state index contributed by atoms with van der Waals surface area (Å²) in [5, 5.41) is 17.6. The highest BCUT2D eigenvalue weighted by Gasteiger charge is 1.94. The third-order valence-electron chi connectivity index (χ3n) is 1.13. The highest BCUT2D eigenvalue weighted by atomic mass is 16.3. The number of benzene rings is 1. The van der Waals surface area contributed by atoms with Crippen molar-refractivity contribution in [2.75, 3.05) is 0 Å². The van der Waals surface area contributed by atoms with Crippen LogP contribution in [0.4, 0.5) is 0 Å². The van der Waals surface area contributed by atoms with Crippen molar-refractivity contribution in [3.05, 3.63) is 23.8 Å². The summed E-state index contributed by atoms with van der Waals surface area (Å²) in [4.78, 5) is 0. The Kier molecular flexibility index (Phi) is 19.8. The molecular weight excluding hydrogens is 188 g/mol. The molecule has 2 heteroatoms. The molecule has 15 heavy (non-hydrogen) atoms. The van der Waals surface area contributed by atoms with Crippen molar-refractivity contribution in [1.82, 2.24) is 0 Å². The summed E-state index contributed by atoms with van der Waals surface area (Å²) in [7, 11) is 0. The lowest BCUT2D eigenvalue weighted by molar-refractivity contribution is 0.403. The van der Waals surface area contributed by atoms with Crippen molar-refractivity contribution in [3.63, 3.8) is 0 Å². The Labute approximate surface area is 94.6 Å². The number of phenolic OH excluding ortho intramolecular Hbond substituents is 2. The van der Waals surface area contributed by atoms with Crippen molar-refractivity contribution < 1.29 is 10.2 Å². The Morgan fingerprint density at radius 2 is 1.13 bits per heavy atom. The lowest BCUT2D eigenvalue weighted by atomic mass is 10.2. The smallest absolute Gasteiger partial charge is 0.157 e. The van der Waals surface area contributed by atoms with Crippen LogP contribution in [0, 0.1) is 6.92 Å². The van der Waals surface area contributed by atoms with Gasteiger partial charge in [-0.1, -0.05) is 47.6 Å². The maximum Gasteiger partial charge on any atom is 0.157 e. The molecule has 0 fully saturated rings. The van der Waals surface area contributed by atoms with E-state index in [0.29, 0.717) is 0 Å². The fraction of sp³-hybridized carbons (Fsp3) is 0.538. The summed E-state index contributed by atoms with van der Waals surface area (Å²) in [6.07, 6.45) is 0. The van der Waals surface area contributed by atoms with E-state index in [-0.39, 0.29) is 11.5 Å². The lowest BCUT2D eigenvalue weighted by Gasteiger charge is -1.95. The van der Waals surface area contributed by atoms with Crippen molar-refractivity contribution in [1.29, 1.82) is 0 Å². The quantitative estimate of drug-likeness (QED) is 0.625. The van der Waals surface area contributed by atoms with E-state index in [4.69, 9.17) is 10.2 Å². The normalized spacial score (nSPS) is 6.87. The zero-order chi connectivity index (χ0) is 12.9. The third-order valence-corrected chi connectivity index (χ3v) is 1.13. The molecule has 1 aromatic rings. The molecule has 0 amide bonds. The minimum absolute atomic E-state index is 0.0602. The average molecular weight is 214 g/mol. The van der Waals surface area contributed by atoms with Crippen LogP contribution in [0.1, 0.15) is 47.1 Å². The first-order valence-corrected chi connectivity index (χ1v) is 5.69. The molecule has 2 nitrogen and oxygen atoms in total. The van der Waals surface area contributed by atoms with Crippen LogP contribution >= 0.6 is 0 Å². The van der Waals surface area contributed by atoms with Crippen molar-refractivity contribution in [3.8, 4) is 11.5 Å². The summed E-state index contributed by atoms with van der Waals surface area (Å²) >= 11 is 0. The second-order valence-corrected chi connectivity index (χ2v) is 1.99. The zero-order valence-electron chi connectivity index (χ0n) is 11.1. The SMILES string of the molecule is CC.CC.CC.Cc1ccc(O)c(O)c1. The maximum absolute atomic E-state index is 8.85. The van der Waals surface area contributed by atoms with Crippen LogP contribution in [-0.4, -0.2) is 10.2 Å². The van der Waals surface area contributed by atoms with E-state index in [9.17, 15) is 0 Å². The second-order valence-electron chi connectivity index (χ2n) is 1.99. The molecule has 0 saturated carbocycles. The van der Waals surface area contributed by atoms with Gasteiger partial charge in [0.05, 0.1) is 0 Å². The molecule has 0 heterocycles. The summed E-state index contributed by atoms with van der Waals surface area (Å²) in [5.74, 6) is -0.129. The van der Waals surface area contributed by atoms with E-state index in [1.807, 2.05) is 48.5 Å². The Morgan fingerprint density at radius 1 is 0.733 bits per heavy atom. The van der Waals surface area contributed by atoms with Gasteiger partial charge in [0.2, 0.25) is 0 Å². The molecule has 0 aliphatic rings.